The molecule has 89 heavy (non-hydrogen) atoms. The molecule has 0 radical (unpaired) electrons. The number of aryl methyl sites for hydroxylation is 5. The predicted octanol–water partition coefficient (Wildman–Crippen LogP) is 24.8. The van der Waals surface area contributed by atoms with Gasteiger partial charge in [0.1, 0.15) is 38.8 Å². The van der Waals surface area contributed by atoms with Crippen molar-refractivity contribution < 1.29 is 4.74 Å². The first-order valence-corrected chi connectivity index (χ1v) is 38.9. The van der Waals surface area contributed by atoms with E-state index in [1.807, 2.05) is 81.2 Å². The SMILES string of the molecule is CCCCCCOc1cc(-c2c3nsnc3c(-c3cc(C)c(-c4cc5c(s4)c4sc(CCCCCC)cc4n5CCCCCC)s3)c3nc4c5ncccc5c5cccnc5c4nc23)sc1-c1cc2c(s1)c1sc(CCCCCC)cc1n2CCCCCC. The van der Waals surface area contributed by atoms with E-state index >= 15 is 0 Å². The zero-order valence-corrected chi connectivity index (χ0v) is 58.2. The van der Waals surface area contributed by atoms with Crippen LogP contribution in [-0.2, 0) is 25.9 Å². The van der Waals surface area contributed by atoms with E-state index in [4.69, 9.17) is 33.4 Å². The molecule has 0 amide bonds. The van der Waals surface area contributed by atoms with Gasteiger partial charge in [0.15, 0.2) is 0 Å². The number of benzene rings is 2. The molecule has 0 spiro atoms. The van der Waals surface area contributed by atoms with E-state index < -0.39 is 0 Å². The first-order chi connectivity index (χ1) is 43.9. The van der Waals surface area contributed by atoms with Crippen molar-refractivity contribution in [3.63, 3.8) is 0 Å². The topological polar surface area (TPSA) is 96.4 Å². The van der Waals surface area contributed by atoms with E-state index in [2.05, 4.69) is 99.2 Å². The number of aromatic nitrogens is 8. The average Bonchev–Trinajstić information content (AvgIpc) is 1.76. The van der Waals surface area contributed by atoms with Crippen LogP contribution >= 0.6 is 79.7 Å². The van der Waals surface area contributed by atoms with Crippen molar-refractivity contribution in [1.82, 2.24) is 37.8 Å². The summed E-state index contributed by atoms with van der Waals surface area (Å²) in [6.45, 7) is 16.5. The number of hydrogen-bond donors (Lipinski definition) is 0. The largest absolute Gasteiger partial charge is 0.492 e. The van der Waals surface area contributed by atoms with Crippen molar-refractivity contribution in [2.24, 2.45) is 0 Å². The molecule has 14 aromatic rings. The van der Waals surface area contributed by atoms with Gasteiger partial charge in [-0.3, -0.25) is 9.97 Å². The summed E-state index contributed by atoms with van der Waals surface area (Å²) in [5.41, 5.74) is 15.1. The second-order valence-corrected chi connectivity index (χ2v) is 31.5. The normalized spacial score (nSPS) is 12.4. The van der Waals surface area contributed by atoms with Gasteiger partial charge < -0.3 is 13.9 Å². The van der Waals surface area contributed by atoms with E-state index in [-0.39, 0.29) is 0 Å². The van der Waals surface area contributed by atoms with E-state index in [0.29, 0.717) is 6.61 Å². The second kappa shape index (κ2) is 27.2. The van der Waals surface area contributed by atoms with Crippen LogP contribution < -0.4 is 4.74 Å². The Bertz CT molecular complexity index is 4820. The third-order valence-electron chi connectivity index (χ3n) is 18.0. The number of thiophene rings is 6. The molecule has 0 saturated carbocycles. The fourth-order valence-electron chi connectivity index (χ4n) is 13.4. The van der Waals surface area contributed by atoms with Gasteiger partial charge in [-0.25, -0.2) is 9.97 Å². The zero-order chi connectivity index (χ0) is 60.5. The summed E-state index contributed by atoms with van der Waals surface area (Å²) in [4.78, 5) is 32.0. The molecule has 0 aliphatic rings. The minimum absolute atomic E-state index is 0.655. The van der Waals surface area contributed by atoms with Gasteiger partial charge in [0.25, 0.3) is 0 Å². The molecule has 0 N–H and O–H groups in total. The highest BCUT2D eigenvalue weighted by Gasteiger charge is 2.30. The number of ether oxygens (including phenoxy) is 1. The fraction of sp³-hybridized carbons (Fsp3) is 0.425. The maximum absolute atomic E-state index is 7.05. The Hall–Kier alpha value is -5.72. The molecule has 460 valence electrons. The van der Waals surface area contributed by atoms with Crippen molar-refractivity contribution in [3.8, 4) is 46.1 Å². The minimum Gasteiger partial charge on any atom is -0.492 e. The second-order valence-electron chi connectivity index (χ2n) is 24.5. The lowest BCUT2D eigenvalue weighted by molar-refractivity contribution is 0.307. The Morgan fingerprint density at radius 2 is 0.854 bits per heavy atom. The van der Waals surface area contributed by atoms with Crippen molar-refractivity contribution in [2.45, 2.75) is 196 Å². The molecule has 0 saturated heterocycles. The summed E-state index contributed by atoms with van der Waals surface area (Å²) in [5.74, 6) is 0.919. The van der Waals surface area contributed by atoms with E-state index in [1.54, 1.807) is 11.3 Å². The highest BCUT2D eigenvalue weighted by molar-refractivity contribution is 7.32. The third kappa shape index (κ3) is 11.7. The highest BCUT2D eigenvalue weighted by Crippen LogP contribution is 2.55. The lowest BCUT2D eigenvalue weighted by Gasteiger charge is -2.13. The molecule has 16 heteroatoms. The van der Waals surface area contributed by atoms with Crippen LogP contribution in [0.25, 0.3) is 136 Å². The summed E-state index contributed by atoms with van der Waals surface area (Å²) in [7, 11) is 0. The molecule has 0 fully saturated rings. The van der Waals surface area contributed by atoms with Crippen LogP contribution in [0.2, 0.25) is 0 Å². The molecule has 12 aromatic heterocycles. The fourth-order valence-corrected chi connectivity index (χ4v) is 21.6. The van der Waals surface area contributed by atoms with Gasteiger partial charge in [0.2, 0.25) is 0 Å². The minimum atomic E-state index is 0.655. The first kappa shape index (κ1) is 60.8. The van der Waals surface area contributed by atoms with Gasteiger partial charge in [-0.05, 0) is 106 Å². The van der Waals surface area contributed by atoms with Crippen LogP contribution in [0.15, 0.2) is 73.1 Å². The van der Waals surface area contributed by atoms with Gasteiger partial charge in [0, 0.05) is 76.6 Å². The maximum atomic E-state index is 7.05. The van der Waals surface area contributed by atoms with Gasteiger partial charge in [-0.2, -0.15) is 8.75 Å². The summed E-state index contributed by atoms with van der Waals surface area (Å²) in [6.07, 6.45) is 30.7. The van der Waals surface area contributed by atoms with Gasteiger partial charge in [-0.15, -0.1) is 68.0 Å². The highest BCUT2D eigenvalue weighted by atomic mass is 32.1. The summed E-state index contributed by atoms with van der Waals surface area (Å²) in [6, 6.07) is 23.0. The Morgan fingerprint density at radius 1 is 0.404 bits per heavy atom. The number of hydrogen-bond acceptors (Lipinski definition) is 14. The molecular weight excluding hydrogens is 1230 g/mol. The predicted molar refractivity (Wildman–Crippen MR) is 392 cm³/mol. The van der Waals surface area contributed by atoms with Gasteiger partial charge >= 0.3 is 0 Å². The Kier molecular flexibility index (Phi) is 18.6. The quantitative estimate of drug-likeness (QED) is 0.0251. The Balaban J connectivity index is 0.948. The smallest absolute Gasteiger partial charge is 0.139 e. The molecule has 9 nitrogen and oxygen atoms in total. The van der Waals surface area contributed by atoms with Crippen LogP contribution in [0.5, 0.6) is 5.75 Å². The van der Waals surface area contributed by atoms with Crippen LogP contribution in [0, 0.1) is 6.92 Å². The number of unbranched alkanes of at least 4 members (excludes halogenated alkanes) is 15. The number of rotatable bonds is 30. The number of nitrogens with zero attached hydrogens (tertiary/aromatic N) is 8. The van der Waals surface area contributed by atoms with Gasteiger partial charge in [-0.1, -0.05) is 143 Å². The molecule has 0 aliphatic heterocycles. The van der Waals surface area contributed by atoms with E-state index in [0.717, 1.165) is 119 Å². The molecule has 0 bridgehead atoms. The Morgan fingerprint density at radius 3 is 1.37 bits per heavy atom. The van der Waals surface area contributed by atoms with Gasteiger partial charge in [0.05, 0.1) is 80.0 Å². The molecule has 14 rings (SSSR count). The summed E-state index contributed by atoms with van der Waals surface area (Å²) >= 11 is 12.9. The van der Waals surface area contributed by atoms with Crippen LogP contribution in [-0.4, -0.2) is 44.4 Å². The molecule has 0 unspecified atom stereocenters. The third-order valence-corrected chi connectivity index (χ3v) is 26.3. The first-order valence-electron chi connectivity index (χ1n) is 33.3. The van der Waals surface area contributed by atoms with Crippen molar-refractivity contribution in [1.29, 1.82) is 0 Å². The summed E-state index contributed by atoms with van der Waals surface area (Å²) < 4.78 is 28.7. The average molecular weight is 1310 g/mol. The van der Waals surface area contributed by atoms with Crippen LogP contribution in [0.3, 0.4) is 0 Å². The van der Waals surface area contributed by atoms with Crippen LogP contribution in [0.4, 0.5) is 0 Å². The zero-order valence-electron chi connectivity index (χ0n) is 52.4. The maximum Gasteiger partial charge on any atom is 0.139 e. The molecule has 12 heterocycles. The lowest BCUT2D eigenvalue weighted by Crippen LogP contribution is -1.98. The molecule has 0 atom stereocenters. The van der Waals surface area contributed by atoms with E-state index in [9.17, 15) is 0 Å². The molecule has 2 aromatic carbocycles. The Labute approximate surface area is 550 Å². The number of fused-ring (bicyclic) bond motifs is 14. The summed E-state index contributed by atoms with van der Waals surface area (Å²) in [5, 5.41) is 2.02. The monoisotopic (exact) mass is 1310 g/mol. The lowest BCUT2D eigenvalue weighted by atomic mass is 10.0. The molecular formula is C73H80N8OS7. The van der Waals surface area contributed by atoms with E-state index in [1.165, 1.54) is 205 Å². The number of pyridine rings is 2. The van der Waals surface area contributed by atoms with Crippen molar-refractivity contribution in [3.05, 3.63) is 88.4 Å². The van der Waals surface area contributed by atoms with Crippen molar-refractivity contribution in [2.75, 3.05) is 6.61 Å². The van der Waals surface area contributed by atoms with Crippen LogP contribution in [0.1, 0.15) is 178 Å². The molecule has 0 aliphatic carbocycles. The van der Waals surface area contributed by atoms with Crippen molar-refractivity contribution >= 4 is 176 Å². The standard InChI is InChI=1S/C73H80N8OS7/c1-7-12-17-22-29-45-39-49-69(83-45)71-51(80(49)35-24-19-14-9-3)41-56(87-71)68-44(6)38-54(85-68)58-62-63(77-67-61-48(32-28-34-75-61)47-31-27-33-74-60(47)66(67)76-62)59(65-64(58)78-89-79-65)55-43-53(82-37-26-21-16-11-5)73(86-55)57-42-52-72(88-57)70-50(81(52)36-25-20-15-10-4)40-46(84-70)30-23-18-13-8-2/h27-28,31-34,38-43H,7-26,29-30,35-37H2,1-6H3.